The first kappa shape index (κ1) is 15.5. The summed E-state index contributed by atoms with van der Waals surface area (Å²) in [5, 5.41) is 13.3. The van der Waals surface area contributed by atoms with E-state index in [1.165, 1.54) is 0 Å². The van der Waals surface area contributed by atoms with Crippen molar-refractivity contribution in [3.63, 3.8) is 0 Å². The van der Waals surface area contributed by atoms with Crippen molar-refractivity contribution >= 4 is 17.5 Å². The van der Waals surface area contributed by atoms with E-state index in [1.54, 1.807) is 18.2 Å². The zero-order valence-corrected chi connectivity index (χ0v) is 12.4. The third-order valence-electron chi connectivity index (χ3n) is 3.24. The Kier molecular flexibility index (Phi) is 5.78. The van der Waals surface area contributed by atoms with Crippen molar-refractivity contribution < 1.29 is 9.90 Å². The van der Waals surface area contributed by atoms with Crippen LogP contribution in [-0.4, -0.2) is 17.6 Å². The van der Waals surface area contributed by atoms with Crippen molar-refractivity contribution in [1.29, 1.82) is 0 Å². The van der Waals surface area contributed by atoms with Gasteiger partial charge in [0, 0.05) is 23.6 Å². The maximum absolute atomic E-state index is 11.8. The third-order valence-corrected chi connectivity index (χ3v) is 3.58. The van der Waals surface area contributed by atoms with Crippen LogP contribution in [0, 0.1) is 0 Å². The highest BCUT2D eigenvalue weighted by atomic mass is 35.5. The second kappa shape index (κ2) is 7.81. The van der Waals surface area contributed by atoms with Crippen LogP contribution >= 0.6 is 11.6 Å². The number of aliphatic hydroxyl groups excluding tert-OH is 1. The minimum absolute atomic E-state index is 0.0787. The second-order valence-electron chi connectivity index (χ2n) is 4.83. The summed E-state index contributed by atoms with van der Waals surface area (Å²) in [6.45, 7) is 0.164. The molecule has 21 heavy (non-hydrogen) atoms. The van der Waals surface area contributed by atoms with Gasteiger partial charge in [0.15, 0.2) is 0 Å². The first-order valence-corrected chi connectivity index (χ1v) is 7.27. The van der Waals surface area contributed by atoms with Crippen LogP contribution in [0.3, 0.4) is 0 Å². The lowest BCUT2D eigenvalue weighted by Gasteiger charge is -2.13. The Hall–Kier alpha value is -1.84. The van der Waals surface area contributed by atoms with E-state index in [4.69, 9.17) is 11.6 Å². The van der Waals surface area contributed by atoms with E-state index < -0.39 is 6.10 Å². The maximum Gasteiger partial charge on any atom is 0.220 e. The molecule has 1 amide bonds. The van der Waals surface area contributed by atoms with Gasteiger partial charge in [0.05, 0.1) is 6.10 Å². The van der Waals surface area contributed by atoms with E-state index >= 15 is 0 Å². The number of amides is 1. The van der Waals surface area contributed by atoms with Gasteiger partial charge >= 0.3 is 0 Å². The Balaban J connectivity index is 1.77. The van der Waals surface area contributed by atoms with Crippen molar-refractivity contribution in [2.24, 2.45) is 0 Å². The molecule has 0 aliphatic carbocycles. The zero-order chi connectivity index (χ0) is 15.1. The average molecular weight is 304 g/mol. The fourth-order valence-electron chi connectivity index (χ4n) is 2.06. The van der Waals surface area contributed by atoms with Crippen LogP contribution in [-0.2, 0) is 11.2 Å². The molecule has 0 radical (unpaired) electrons. The molecule has 0 saturated heterocycles. The van der Waals surface area contributed by atoms with E-state index in [-0.39, 0.29) is 12.5 Å². The monoisotopic (exact) mass is 303 g/mol. The molecule has 0 fully saturated rings. The van der Waals surface area contributed by atoms with Crippen LogP contribution in [0.1, 0.15) is 23.7 Å². The van der Waals surface area contributed by atoms with Crippen LogP contribution in [0.5, 0.6) is 0 Å². The number of carbonyl (C=O) groups excluding carboxylic acids is 1. The lowest BCUT2D eigenvalue weighted by molar-refractivity contribution is -0.121. The minimum Gasteiger partial charge on any atom is -0.387 e. The van der Waals surface area contributed by atoms with Crippen LogP contribution in [0.15, 0.2) is 54.6 Å². The summed E-state index contributed by atoms with van der Waals surface area (Å²) >= 11 is 6.00. The standard InChI is InChI=1S/C17H18ClNO2/c18-15-9-5-4-8-14(15)16(20)12-19-17(21)11-10-13-6-2-1-3-7-13/h1-9,16,20H,10-12H2,(H,19,21)/t16-/m0/s1. The van der Waals surface area contributed by atoms with E-state index in [0.717, 1.165) is 5.56 Å². The Morgan fingerprint density at radius 2 is 1.76 bits per heavy atom. The Morgan fingerprint density at radius 1 is 1.10 bits per heavy atom. The third kappa shape index (κ3) is 4.88. The molecule has 0 aliphatic rings. The van der Waals surface area contributed by atoms with Crippen molar-refractivity contribution in [3.8, 4) is 0 Å². The topological polar surface area (TPSA) is 49.3 Å². The molecule has 2 rings (SSSR count). The molecule has 2 aromatic rings. The number of halogens is 1. The summed E-state index contributed by atoms with van der Waals surface area (Å²) in [6, 6.07) is 16.9. The molecule has 1 atom stereocenters. The number of hydrogen-bond donors (Lipinski definition) is 2. The number of rotatable bonds is 6. The highest BCUT2D eigenvalue weighted by Crippen LogP contribution is 2.21. The lowest BCUT2D eigenvalue weighted by Crippen LogP contribution is -2.28. The van der Waals surface area contributed by atoms with Gasteiger partial charge in [0.1, 0.15) is 0 Å². The van der Waals surface area contributed by atoms with Gasteiger partial charge in [-0.1, -0.05) is 60.1 Å². The Bertz CT molecular complexity index is 586. The number of nitrogens with one attached hydrogen (secondary N) is 1. The van der Waals surface area contributed by atoms with Gasteiger partial charge in [0.2, 0.25) is 5.91 Å². The van der Waals surface area contributed by atoms with Crippen LogP contribution in [0.25, 0.3) is 0 Å². The fraction of sp³-hybridized carbons (Fsp3) is 0.235. The molecule has 0 bridgehead atoms. The zero-order valence-electron chi connectivity index (χ0n) is 11.6. The summed E-state index contributed by atoms with van der Waals surface area (Å²) < 4.78 is 0. The highest BCUT2D eigenvalue weighted by molar-refractivity contribution is 6.31. The number of aryl methyl sites for hydroxylation is 1. The summed E-state index contributed by atoms with van der Waals surface area (Å²) in [7, 11) is 0. The van der Waals surface area contributed by atoms with Gasteiger partial charge in [-0.3, -0.25) is 4.79 Å². The number of benzene rings is 2. The van der Waals surface area contributed by atoms with Crippen LogP contribution in [0.2, 0.25) is 5.02 Å². The SMILES string of the molecule is O=C(CCc1ccccc1)NC[C@H](O)c1ccccc1Cl. The van der Waals surface area contributed by atoms with Crippen LogP contribution < -0.4 is 5.32 Å². The second-order valence-corrected chi connectivity index (χ2v) is 5.23. The van der Waals surface area contributed by atoms with Gasteiger partial charge in [-0.2, -0.15) is 0 Å². The molecule has 0 heterocycles. The predicted molar refractivity (Wildman–Crippen MR) is 84.2 cm³/mol. The van der Waals surface area contributed by atoms with Crippen molar-refractivity contribution in [2.75, 3.05) is 6.54 Å². The molecule has 2 N–H and O–H groups in total. The summed E-state index contributed by atoms with van der Waals surface area (Å²) in [5.74, 6) is -0.0787. The molecule has 0 aliphatic heterocycles. The minimum atomic E-state index is -0.792. The molecule has 0 aromatic heterocycles. The Morgan fingerprint density at radius 3 is 2.48 bits per heavy atom. The maximum atomic E-state index is 11.8. The summed E-state index contributed by atoms with van der Waals surface area (Å²) in [6.07, 6.45) is 0.299. The molecule has 0 unspecified atom stereocenters. The van der Waals surface area contributed by atoms with Gasteiger partial charge in [0.25, 0.3) is 0 Å². The van der Waals surface area contributed by atoms with E-state index in [9.17, 15) is 9.90 Å². The van der Waals surface area contributed by atoms with Gasteiger partial charge in [-0.15, -0.1) is 0 Å². The first-order valence-electron chi connectivity index (χ1n) is 6.90. The normalized spacial score (nSPS) is 11.9. The number of carbonyl (C=O) groups is 1. The van der Waals surface area contributed by atoms with Gasteiger partial charge in [-0.25, -0.2) is 0 Å². The molecule has 0 saturated carbocycles. The molecule has 110 valence electrons. The molecule has 0 spiro atoms. The summed E-state index contributed by atoms with van der Waals surface area (Å²) in [4.78, 5) is 11.8. The van der Waals surface area contributed by atoms with Crippen molar-refractivity contribution in [1.82, 2.24) is 5.32 Å². The highest BCUT2D eigenvalue weighted by Gasteiger charge is 2.12. The van der Waals surface area contributed by atoms with Crippen molar-refractivity contribution in [2.45, 2.75) is 18.9 Å². The average Bonchev–Trinajstić information content (AvgIpc) is 2.52. The lowest BCUT2D eigenvalue weighted by atomic mass is 10.1. The van der Waals surface area contributed by atoms with Gasteiger partial charge in [-0.05, 0) is 18.1 Å². The van der Waals surface area contributed by atoms with Gasteiger partial charge < -0.3 is 10.4 Å². The number of aliphatic hydroxyl groups is 1. The molecule has 3 nitrogen and oxygen atoms in total. The van der Waals surface area contributed by atoms with E-state index in [0.29, 0.717) is 23.4 Å². The smallest absolute Gasteiger partial charge is 0.220 e. The quantitative estimate of drug-likeness (QED) is 0.861. The molecule has 4 heteroatoms. The first-order chi connectivity index (χ1) is 10.2. The van der Waals surface area contributed by atoms with E-state index in [2.05, 4.69) is 5.32 Å². The van der Waals surface area contributed by atoms with Crippen LogP contribution in [0.4, 0.5) is 0 Å². The van der Waals surface area contributed by atoms with E-state index in [1.807, 2.05) is 36.4 Å². The largest absolute Gasteiger partial charge is 0.387 e. The summed E-state index contributed by atoms with van der Waals surface area (Å²) in [5.41, 5.74) is 1.75. The molecular weight excluding hydrogens is 286 g/mol. The molecule has 2 aromatic carbocycles. The van der Waals surface area contributed by atoms with Crippen molar-refractivity contribution in [3.05, 3.63) is 70.7 Å². The molecular formula is C17H18ClNO2. The predicted octanol–water partition coefficient (Wildman–Crippen LogP) is 3.12. The Labute approximate surface area is 129 Å². The number of hydrogen-bond acceptors (Lipinski definition) is 2. The fourth-order valence-corrected chi connectivity index (χ4v) is 2.32.